The van der Waals surface area contributed by atoms with Crippen LogP contribution in [0.3, 0.4) is 0 Å². The number of rotatable bonds is 5. The first-order valence-corrected chi connectivity index (χ1v) is 7.37. The number of alkyl halides is 3. The minimum absolute atomic E-state index is 0.0847. The zero-order chi connectivity index (χ0) is 18.4. The zero-order valence-electron chi connectivity index (χ0n) is 12.6. The number of hydrogen-bond donors (Lipinski definition) is 3. The first kappa shape index (κ1) is 18.9. The Bertz CT molecular complexity index is 774. The second kappa shape index (κ2) is 8.08. The highest BCUT2D eigenvalue weighted by Crippen LogP contribution is 2.34. The number of thiocarbonyl (C=S) groups is 1. The van der Waals surface area contributed by atoms with Crippen LogP contribution in [0.4, 0.5) is 17.6 Å². The number of aliphatic hydroxyl groups excluding tert-OH is 1. The van der Waals surface area contributed by atoms with Crippen LogP contribution in [0.1, 0.15) is 11.3 Å². The lowest BCUT2D eigenvalue weighted by Crippen LogP contribution is -2.33. The van der Waals surface area contributed by atoms with Gasteiger partial charge in [0.1, 0.15) is 17.3 Å². The van der Waals surface area contributed by atoms with Gasteiger partial charge in [0.15, 0.2) is 5.11 Å². The molecule has 0 spiro atoms. The summed E-state index contributed by atoms with van der Waals surface area (Å²) in [7, 11) is 0. The summed E-state index contributed by atoms with van der Waals surface area (Å²) in [4.78, 5) is 0. The molecular weight excluding hydrogens is 362 g/mol. The molecule has 1 aromatic heterocycles. The summed E-state index contributed by atoms with van der Waals surface area (Å²) >= 11 is 4.86. The van der Waals surface area contributed by atoms with Gasteiger partial charge in [-0.25, -0.2) is 4.39 Å². The van der Waals surface area contributed by atoms with E-state index < -0.39 is 17.6 Å². The Hall–Kier alpha value is -2.46. The molecule has 5 nitrogen and oxygen atoms in total. The van der Waals surface area contributed by atoms with Crippen molar-refractivity contribution in [2.24, 2.45) is 5.10 Å². The van der Waals surface area contributed by atoms with Gasteiger partial charge in [-0.1, -0.05) is 0 Å². The number of halogens is 4. The molecule has 0 bridgehead atoms. The van der Waals surface area contributed by atoms with Crippen molar-refractivity contribution in [2.45, 2.75) is 6.18 Å². The molecule has 0 aliphatic rings. The van der Waals surface area contributed by atoms with E-state index in [1.165, 1.54) is 24.4 Å². The van der Waals surface area contributed by atoms with Crippen molar-refractivity contribution in [3.8, 4) is 11.3 Å². The van der Waals surface area contributed by atoms with Crippen LogP contribution in [0, 0.1) is 5.82 Å². The van der Waals surface area contributed by atoms with Crippen molar-refractivity contribution in [1.82, 2.24) is 10.7 Å². The highest BCUT2D eigenvalue weighted by molar-refractivity contribution is 7.80. The number of hydrazone groups is 1. The molecule has 0 radical (unpaired) electrons. The fourth-order valence-corrected chi connectivity index (χ4v) is 1.99. The van der Waals surface area contributed by atoms with Gasteiger partial charge in [-0.05, 0) is 42.5 Å². The SMILES string of the molecule is OCCNC(=S)NN=Cc1ccc(-c2ccc(F)c(C(F)(F)F)c2)o1. The van der Waals surface area contributed by atoms with Crippen LogP contribution < -0.4 is 10.7 Å². The molecule has 10 heteroatoms. The van der Waals surface area contributed by atoms with Crippen molar-refractivity contribution in [3.63, 3.8) is 0 Å². The first-order valence-electron chi connectivity index (χ1n) is 6.96. The maximum absolute atomic E-state index is 13.3. The van der Waals surface area contributed by atoms with Crippen LogP contribution in [0.5, 0.6) is 0 Å². The van der Waals surface area contributed by atoms with Crippen molar-refractivity contribution >= 4 is 23.5 Å². The van der Waals surface area contributed by atoms with Gasteiger partial charge < -0.3 is 14.8 Å². The van der Waals surface area contributed by atoms with E-state index in [-0.39, 0.29) is 35.3 Å². The van der Waals surface area contributed by atoms with Gasteiger partial charge in [0.25, 0.3) is 0 Å². The highest BCUT2D eigenvalue weighted by atomic mass is 32.1. The summed E-state index contributed by atoms with van der Waals surface area (Å²) in [6.45, 7) is 0.170. The van der Waals surface area contributed by atoms with Gasteiger partial charge in [0.2, 0.25) is 0 Å². The maximum atomic E-state index is 13.3. The van der Waals surface area contributed by atoms with E-state index in [0.717, 1.165) is 6.07 Å². The minimum atomic E-state index is -4.79. The van der Waals surface area contributed by atoms with Gasteiger partial charge in [0, 0.05) is 12.1 Å². The fourth-order valence-electron chi connectivity index (χ4n) is 1.84. The number of aliphatic hydroxyl groups is 1. The summed E-state index contributed by atoms with van der Waals surface area (Å²) in [5.41, 5.74) is 1.19. The van der Waals surface area contributed by atoms with E-state index in [9.17, 15) is 17.6 Å². The summed E-state index contributed by atoms with van der Waals surface area (Å²) in [5.74, 6) is -0.962. The summed E-state index contributed by atoms with van der Waals surface area (Å²) in [5, 5.41) is 15.2. The molecule has 0 aliphatic carbocycles. The third kappa shape index (κ3) is 5.26. The Labute approximate surface area is 145 Å². The van der Waals surface area contributed by atoms with Gasteiger partial charge in [-0.15, -0.1) is 0 Å². The van der Waals surface area contributed by atoms with Crippen LogP contribution in [0.15, 0.2) is 39.9 Å². The topological polar surface area (TPSA) is 69.8 Å². The molecule has 0 atom stereocenters. The monoisotopic (exact) mass is 375 g/mol. The molecule has 2 rings (SSSR count). The first-order chi connectivity index (χ1) is 11.8. The van der Waals surface area contributed by atoms with Crippen molar-refractivity contribution in [3.05, 3.63) is 47.5 Å². The quantitative estimate of drug-likeness (QED) is 0.325. The lowest BCUT2D eigenvalue weighted by Gasteiger charge is -2.08. The highest BCUT2D eigenvalue weighted by Gasteiger charge is 2.34. The summed E-state index contributed by atoms with van der Waals surface area (Å²) < 4.78 is 56.9. The maximum Gasteiger partial charge on any atom is 0.419 e. The molecule has 1 heterocycles. The van der Waals surface area contributed by atoms with E-state index >= 15 is 0 Å². The average Bonchev–Trinajstić information content (AvgIpc) is 3.01. The molecular formula is C15H13F4N3O2S. The lowest BCUT2D eigenvalue weighted by atomic mass is 10.1. The number of benzene rings is 1. The Morgan fingerprint density at radius 1 is 1.28 bits per heavy atom. The van der Waals surface area contributed by atoms with E-state index in [0.29, 0.717) is 6.07 Å². The molecule has 0 unspecified atom stereocenters. The summed E-state index contributed by atoms with van der Waals surface area (Å²) in [6, 6.07) is 5.54. The average molecular weight is 375 g/mol. The fraction of sp³-hybridized carbons (Fsp3) is 0.200. The van der Waals surface area contributed by atoms with Crippen LogP contribution in [0.2, 0.25) is 0 Å². The summed E-state index contributed by atoms with van der Waals surface area (Å²) in [6.07, 6.45) is -3.53. The molecule has 1 aromatic carbocycles. The number of nitrogens with one attached hydrogen (secondary N) is 2. The standard InChI is InChI=1S/C15H13F4N3O2S/c16-12-3-1-9(7-11(12)15(17,18)19)13-4-2-10(24-13)8-21-22-14(25)20-5-6-23/h1-4,7-8,23H,5-6H2,(H2,20,22,25). The zero-order valence-corrected chi connectivity index (χ0v) is 13.4. The van der Waals surface area contributed by atoms with Gasteiger partial charge in [0.05, 0.1) is 18.4 Å². The molecule has 0 saturated carbocycles. The Morgan fingerprint density at radius 3 is 2.72 bits per heavy atom. The predicted octanol–water partition coefficient (Wildman–Crippen LogP) is 2.89. The van der Waals surface area contributed by atoms with Crippen LogP contribution in [0.25, 0.3) is 11.3 Å². The third-order valence-corrected chi connectivity index (χ3v) is 3.17. The molecule has 25 heavy (non-hydrogen) atoms. The molecule has 0 aliphatic heterocycles. The molecule has 3 N–H and O–H groups in total. The predicted molar refractivity (Wildman–Crippen MR) is 87.5 cm³/mol. The smallest absolute Gasteiger partial charge is 0.419 e. The van der Waals surface area contributed by atoms with E-state index in [1.54, 1.807) is 0 Å². The minimum Gasteiger partial charge on any atom is -0.455 e. The number of furan rings is 1. The largest absolute Gasteiger partial charge is 0.455 e. The van der Waals surface area contributed by atoms with E-state index in [2.05, 4.69) is 15.8 Å². The van der Waals surface area contributed by atoms with Crippen LogP contribution in [-0.4, -0.2) is 29.6 Å². The molecule has 0 saturated heterocycles. The van der Waals surface area contributed by atoms with Crippen molar-refractivity contribution < 1.29 is 27.1 Å². The number of hydrogen-bond acceptors (Lipinski definition) is 4. The Kier molecular flexibility index (Phi) is 6.10. The lowest BCUT2D eigenvalue weighted by molar-refractivity contribution is -0.139. The Balaban J connectivity index is 2.10. The van der Waals surface area contributed by atoms with Gasteiger partial charge in [-0.3, -0.25) is 5.43 Å². The van der Waals surface area contributed by atoms with Gasteiger partial charge in [-0.2, -0.15) is 18.3 Å². The second-order valence-corrected chi connectivity index (χ2v) is 5.15. The molecule has 2 aromatic rings. The van der Waals surface area contributed by atoms with Gasteiger partial charge >= 0.3 is 6.18 Å². The van der Waals surface area contributed by atoms with Crippen molar-refractivity contribution in [2.75, 3.05) is 13.2 Å². The molecule has 0 fully saturated rings. The Morgan fingerprint density at radius 2 is 2.04 bits per heavy atom. The number of nitrogens with zero attached hydrogens (tertiary/aromatic N) is 1. The van der Waals surface area contributed by atoms with Crippen LogP contribution in [-0.2, 0) is 6.18 Å². The third-order valence-electron chi connectivity index (χ3n) is 2.94. The normalized spacial score (nSPS) is 11.7. The molecule has 0 amide bonds. The molecule has 134 valence electrons. The second-order valence-electron chi connectivity index (χ2n) is 4.74. The van der Waals surface area contributed by atoms with E-state index in [1.807, 2.05) is 0 Å². The van der Waals surface area contributed by atoms with Crippen molar-refractivity contribution in [1.29, 1.82) is 0 Å². The van der Waals surface area contributed by atoms with Crippen LogP contribution >= 0.6 is 12.2 Å². The van der Waals surface area contributed by atoms with E-state index in [4.69, 9.17) is 21.7 Å².